The van der Waals surface area contributed by atoms with Gasteiger partial charge < -0.3 is 18.6 Å². The maximum Gasteiger partial charge on any atom is 0.159 e. The molecule has 2 aliphatic carbocycles. The summed E-state index contributed by atoms with van der Waals surface area (Å²) in [7, 11) is 0. The van der Waals surface area contributed by atoms with Crippen LogP contribution in [0.25, 0.3) is 99.6 Å². The highest BCUT2D eigenvalue weighted by Crippen LogP contribution is 2.66. The van der Waals surface area contributed by atoms with E-state index in [0.717, 1.165) is 83.7 Å². The van der Waals surface area contributed by atoms with Crippen molar-refractivity contribution in [1.82, 2.24) is 0 Å². The zero-order chi connectivity index (χ0) is 53.4. The average Bonchev–Trinajstić information content (AvgIpc) is 4.41. The molecule has 2 heterocycles. The second-order valence-electron chi connectivity index (χ2n) is 21.6. The third-order valence-electron chi connectivity index (χ3n) is 17.2. The molecule has 2 aromatic heterocycles. The Bertz CT molecular complexity index is 4960. The molecule has 378 valence electrons. The van der Waals surface area contributed by atoms with Gasteiger partial charge in [-0.2, -0.15) is 0 Å². The van der Waals surface area contributed by atoms with Crippen LogP contribution < -0.4 is 9.80 Å². The van der Waals surface area contributed by atoms with Crippen molar-refractivity contribution in [2.45, 2.75) is 26.2 Å². The first-order chi connectivity index (χ1) is 39.4. The molecule has 0 bridgehead atoms. The molecule has 0 fully saturated rings. The van der Waals surface area contributed by atoms with Gasteiger partial charge in [-0.25, -0.2) is 0 Å². The molecule has 2 aliphatic rings. The third-order valence-corrected chi connectivity index (χ3v) is 17.2. The average molecular weight is 1030 g/mol. The Kier molecular flexibility index (Phi) is 10.0. The molecule has 1 unspecified atom stereocenters. The van der Waals surface area contributed by atoms with Crippen LogP contribution >= 0.6 is 0 Å². The van der Waals surface area contributed by atoms with Gasteiger partial charge in [0.05, 0.1) is 16.8 Å². The predicted octanol–water partition coefficient (Wildman–Crippen LogP) is 21.4. The number of rotatable bonds is 8. The molecule has 1 atom stereocenters. The number of fused-ring (bicyclic) bond motifs is 20. The highest BCUT2D eigenvalue weighted by Gasteiger charge is 2.53. The van der Waals surface area contributed by atoms with Crippen LogP contribution in [0.15, 0.2) is 252 Å². The van der Waals surface area contributed by atoms with Crippen molar-refractivity contribution in [2.75, 3.05) is 9.80 Å². The summed E-state index contributed by atoms with van der Waals surface area (Å²) in [5.41, 5.74) is 21.8. The number of anilines is 6. The zero-order valence-corrected chi connectivity index (χ0v) is 44.6. The van der Waals surface area contributed by atoms with Crippen molar-refractivity contribution in [3.8, 4) is 22.3 Å². The number of nitrogens with zero attached hydrogens (tertiary/aromatic N) is 2. The number of allylic oxidation sites excluding steroid dienone is 1. The van der Waals surface area contributed by atoms with Gasteiger partial charge in [0.2, 0.25) is 0 Å². The van der Waals surface area contributed by atoms with E-state index in [9.17, 15) is 0 Å². The minimum atomic E-state index is -0.667. The maximum atomic E-state index is 6.76. The Morgan fingerprint density at radius 2 is 0.950 bits per heavy atom. The number of furan rings is 2. The Hall–Kier alpha value is -10.2. The van der Waals surface area contributed by atoms with E-state index in [2.05, 4.69) is 267 Å². The molecule has 1 spiro atoms. The van der Waals surface area contributed by atoms with Crippen molar-refractivity contribution in [1.29, 1.82) is 0 Å². The number of para-hydroxylation sites is 3. The highest BCUT2D eigenvalue weighted by molar-refractivity contribution is 6.15. The number of benzene rings is 12. The fourth-order valence-electron chi connectivity index (χ4n) is 13.8. The van der Waals surface area contributed by atoms with E-state index in [1.165, 1.54) is 82.6 Å². The van der Waals surface area contributed by atoms with Gasteiger partial charge >= 0.3 is 0 Å². The van der Waals surface area contributed by atoms with Crippen molar-refractivity contribution < 1.29 is 8.83 Å². The molecule has 12 aromatic carbocycles. The Morgan fingerprint density at radius 1 is 0.412 bits per heavy atom. The van der Waals surface area contributed by atoms with Gasteiger partial charge in [-0.1, -0.05) is 194 Å². The van der Waals surface area contributed by atoms with Gasteiger partial charge in [0, 0.05) is 44.5 Å². The monoisotopic (exact) mass is 1020 g/mol. The van der Waals surface area contributed by atoms with Crippen LogP contribution in [-0.4, -0.2) is 0 Å². The molecule has 16 rings (SSSR count). The van der Waals surface area contributed by atoms with E-state index in [1.807, 2.05) is 19.1 Å². The molecular formula is C76H52N2O2. The first-order valence-electron chi connectivity index (χ1n) is 27.6. The molecule has 0 N–H and O–H groups in total. The van der Waals surface area contributed by atoms with Crippen LogP contribution in [-0.2, 0) is 5.41 Å². The smallest absolute Gasteiger partial charge is 0.159 e. The van der Waals surface area contributed by atoms with Gasteiger partial charge in [0.25, 0.3) is 0 Å². The summed E-state index contributed by atoms with van der Waals surface area (Å²) in [4.78, 5) is 4.71. The normalized spacial score (nSPS) is 14.2. The lowest BCUT2D eigenvalue weighted by atomic mass is 9.68. The summed E-state index contributed by atoms with van der Waals surface area (Å²) < 4.78 is 13.5. The second kappa shape index (κ2) is 17.4. The lowest BCUT2D eigenvalue weighted by Crippen LogP contribution is -2.26. The van der Waals surface area contributed by atoms with Gasteiger partial charge in [0.15, 0.2) is 11.2 Å². The van der Waals surface area contributed by atoms with Crippen molar-refractivity contribution in [3.63, 3.8) is 0 Å². The first kappa shape index (κ1) is 46.0. The van der Waals surface area contributed by atoms with Gasteiger partial charge in [0.1, 0.15) is 11.3 Å². The number of hydrogen-bond donors (Lipinski definition) is 0. The van der Waals surface area contributed by atoms with Crippen LogP contribution in [0.3, 0.4) is 0 Å². The van der Waals surface area contributed by atoms with E-state index in [1.54, 1.807) is 0 Å². The fraction of sp³-hybridized carbons (Fsp3) is 0.0526. The maximum absolute atomic E-state index is 6.76. The Labute approximate surface area is 464 Å². The highest BCUT2D eigenvalue weighted by atomic mass is 16.3. The summed E-state index contributed by atoms with van der Waals surface area (Å²) in [6.07, 6.45) is 5.99. The number of hydrogen-bond acceptors (Lipinski definition) is 4. The molecule has 0 saturated carbocycles. The summed E-state index contributed by atoms with van der Waals surface area (Å²) in [5.74, 6) is 0.755. The van der Waals surface area contributed by atoms with Crippen LogP contribution in [0.1, 0.15) is 51.6 Å². The van der Waals surface area contributed by atoms with Crippen LogP contribution in [0.2, 0.25) is 0 Å². The van der Waals surface area contributed by atoms with E-state index >= 15 is 0 Å². The molecule has 80 heavy (non-hydrogen) atoms. The van der Waals surface area contributed by atoms with E-state index < -0.39 is 5.41 Å². The summed E-state index contributed by atoms with van der Waals surface area (Å²) >= 11 is 0. The Balaban J connectivity index is 0.949. The van der Waals surface area contributed by atoms with Gasteiger partial charge in [-0.3, -0.25) is 0 Å². The van der Waals surface area contributed by atoms with Gasteiger partial charge in [-0.15, -0.1) is 0 Å². The summed E-state index contributed by atoms with van der Waals surface area (Å²) in [5, 5.41) is 10.5. The second-order valence-corrected chi connectivity index (χ2v) is 21.6. The van der Waals surface area contributed by atoms with E-state index in [0.29, 0.717) is 0 Å². The lowest BCUT2D eigenvalue weighted by Gasteiger charge is -2.33. The molecule has 14 aromatic rings. The molecule has 4 nitrogen and oxygen atoms in total. The van der Waals surface area contributed by atoms with Crippen LogP contribution in [0.4, 0.5) is 34.1 Å². The molecule has 0 saturated heterocycles. The van der Waals surface area contributed by atoms with Crippen LogP contribution in [0.5, 0.6) is 0 Å². The summed E-state index contributed by atoms with van der Waals surface area (Å²) in [6, 6.07) is 85.5. The van der Waals surface area contributed by atoms with Crippen molar-refractivity contribution in [3.05, 3.63) is 288 Å². The largest absolute Gasteiger partial charge is 0.454 e. The topological polar surface area (TPSA) is 32.8 Å². The molecule has 0 amide bonds. The van der Waals surface area contributed by atoms with Gasteiger partial charge in [-0.05, 0) is 170 Å². The van der Waals surface area contributed by atoms with Crippen molar-refractivity contribution >= 4 is 112 Å². The predicted molar refractivity (Wildman–Crippen MR) is 336 cm³/mol. The zero-order valence-electron chi connectivity index (χ0n) is 44.6. The van der Waals surface area contributed by atoms with E-state index in [4.69, 9.17) is 8.83 Å². The first-order valence-corrected chi connectivity index (χ1v) is 27.6. The minimum Gasteiger partial charge on any atom is -0.454 e. The molecule has 0 aliphatic heterocycles. The molecule has 0 radical (unpaired) electrons. The SMILES string of the molecule is C=Cc1oc2c(N(c3ccc(C)cc3)c3ccc4c5c(ccc4c3)-c3ccc4cc(N(c6ccc(C)cc6)c6cccc7c6oc6ccccc67)ccc4c3C53c4ccccc4-c4c3ccc3ccccc43)cccc2c1/C=C\C. The Morgan fingerprint density at radius 3 is 1.59 bits per heavy atom. The van der Waals surface area contributed by atoms with Crippen molar-refractivity contribution in [2.24, 2.45) is 0 Å². The summed E-state index contributed by atoms with van der Waals surface area (Å²) in [6.45, 7) is 10.5. The van der Waals surface area contributed by atoms with Crippen LogP contribution in [0, 0.1) is 13.8 Å². The minimum absolute atomic E-state index is 0.667. The quantitative estimate of drug-likeness (QED) is 0.152. The van der Waals surface area contributed by atoms with E-state index in [-0.39, 0.29) is 0 Å². The third kappa shape index (κ3) is 6.45. The number of aryl methyl sites for hydroxylation is 2. The molecule has 4 heteroatoms. The standard InChI is InChI=1S/C76H52N2O2/c1-5-15-58-62-20-13-23-67(74(62)79-69(58)6-2)77(51-33-26-46(3)27-34-51)53-37-41-56-49(44-53)30-39-60-61-40-31-50-45-54(78(52-35-28-47(4)29-36-52)68-24-14-21-63-59-18-10-12-25-70(59)80-75(63)68)38-42-57(50)73(61)76(72(56)60)65-22-11-9-19-64(65)71-55-17-8-7-16-48(55)32-43-66(71)76/h5-45H,2H2,1,3-4H3/b15-5-. The fourth-order valence-corrected chi connectivity index (χ4v) is 13.8. The lowest BCUT2D eigenvalue weighted by molar-refractivity contribution is 0.604. The molecular weight excluding hydrogens is 973 g/mol.